The topological polar surface area (TPSA) is 56.0 Å². The molecule has 116 valence electrons. The summed E-state index contributed by atoms with van der Waals surface area (Å²) in [6.45, 7) is 1.81. The van der Waals surface area contributed by atoms with Gasteiger partial charge in [-0.15, -0.1) is 10.2 Å². The van der Waals surface area contributed by atoms with Crippen molar-refractivity contribution >= 4 is 29.1 Å². The fourth-order valence-corrected chi connectivity index (χ4v) is 2.89. The standard InChI is InChI=1S/C17H13ClN2O2S/c1-11(15(21)12-7-9-14(18)10-8-12)23-17-20-19-16(22-17)13-5-3-2-4-6-13/h2-11H,1H3. The Morgan fingerprint density at radius 1 is 1.09 bits per heavy atom. The normalized spacial score (nSPS) is 12.1. The summed E-state index contributed by atoms with van der Waals surface area (Å²) in [5.74, 6) is 0.436. The Morgan fingerprint density at radius 3 is 2.48 bits per heavy atom. The van der Waals surface area contributed by atoms with Crippen molar-refractivity contribution in [3.8, 4) is 11.5 Å². The summed E-state index contributed by atoms with van der Waals surface area (Å²) in [5, 5.41) is 8.66. The largest absolute Gasteiger partial charge is 0.411 e. The summed E-state index contributed by atoms with van der Waals surface area (Å²) in [7, 11) is 0. The number of rotatable bonds is 5. The van der Waals surface area contributed by atoms with Crippen molar-refractivity contribution in [3.63, 3.8) is 0 Å². The molecule has 0 saturated carbocycles. The van der Waals surface area contributed by atoms with Crippen molar-refractivity contribution in [3.05, 3.63) is 65.2 Å². The molecule has 6 heteroatoms. The number of benzene rings is 2. The highest BCUT2D eigenvalue weighted by Crippen LogP contribution is 2.27. The SMILES string of the molecule is CC(Sc1nnc(-c2ccccc2)o1)C(=O)c1ccc(Cl)cc1. The lowest BCUT2D eigenvalue weighted by Gasteiger charge is -2.07. The van der Waals surface area contributed by atoms with Gasteiger partial charge in [-0.1, -0.05) is 41.6 Å². The van der Waals surface area contributed by atoms with E-state index in [4.69, 9.17) is 16.0 Å². The van der Waals surface area contributed by atoms with Crippen LogP contribution >= 0.6 is 23.4 Å². The summed E-state index contributed by atoms with van der Waals surface area (Å²) < 4.78 is 5.61. The van der Waals surface area contributed by atoms with E-state index in [2.05, 4.69) is 10.2 Å². The molecule has 2 aromatic carbocycles. The molecule has 0 aliphatic rings. The fraction of sp³-hybridized carbons (Fsp3) is 0.118. The molecule has 0 bridgehead atoms. The van der Waals surface area contributed by atoms with Gasteiger partial charge in [0, 0.05) is 16.1 Å². The molecule has 3 rings (SSSR count). The van der Waals surface area contributed by atoms with E-state index >= 15 is 0 Å². The molecule has 0 N–H and O–H groups in total. The van der Waals surface area contributed by atoms with Crippen LogP contribution in [-0.2, 0) is 0 Å². The zero-order valence-corrected chi connectivity index (χ0v) is 13.8. The third kappa shape index (κ3) is 3.81. The number of aromatic nitrogens is 2. The van der Waals surface area contributed by atoms with Crippen molar-refractivity contribution in [2.45, 2.75) is 17.4 Å². The van der Waals surface area contributed by atoms with Gasteiger partial charge in [-0.2, -0.15) is 0 Å². The van der Waals surface area contributed by atoms with Crippen LogP contribution < -0.4 is 0 Å². The number of thioether (sulfide) groups is 1. The Bertz CT molecular complexity index is 803. The highest BCUT2D eigenvalue weighted by molar-refractivity contribution is 8.00. The smallest absolute Gasteiger partial charge is 0.277 e. The van der Waals surface area contributed by atoms with Gasteiger partial charge in [-0.05, 0) is 43.3 Å². The zero-order chi connectivity index (χ0) is 16.2. The molecule has 0 aliphatic heterocycles. The number of carbonyl (C=O) groups excluding carboxylic acids is 1. The summed E-state index contributed by atoms with van der Waals surface area (Å²) in [6, 6.07) is 16.3. The number of nitrogens with zero attached hydrogens (tertiary/aromatic N) is 2. The van der Waals surface area contributed by atoms with Gasteiger partial charge in [0.2, 0.25) is 5.89 Å². The van der Waals surface area contributed by atoms with Crippen LogP contribution in [0.2, 0.25) is 5.02 Å². The second kappa shape index (κ2) is 6.98. The van der Waals surface area contributed by atoms with Crippen LogP contribution in [0.5, 0.6) is 0 Å². The minimum atomic E-state index is -0.333. The van der Waals surface area contributed by atoms with E-state index in [1.807, 2.05) is 37.3 Å². The average molecular weight is 345 g/mol. The highest BCUT2D eigenvalue weighted by atomic mass is 35.5. The maximum absolute atomic E-state index is 12.4. The van der Waals surface area contributed by atoms with Crippen molar-refractivity contribution in [2.24, 2.45) is 0 Å². The maximum atomic E-state index is 12.4. The predicted octanol–water partition coefficient (Wildman–Crippen LogP) is 4.75. The Balaban J connectivity index is 1.71. The monoisotopic (exact) mass is 344 g/mol. The van der Waals surface area contributed by atoms with Gasteiger partial charge < -0.3 is 4.42 Å². The highest BCUT2D eigenvalue weighted by Gasteiger charge is 2.20. The zero-order valence-electron chi connectivity index (χ0n) is 12.3. The molecule has 1 atom stereocenters. The lowest BCUT2D eigenvalue weighted by atomic mass is 10.1. The second-order valence-electron chi connectivity index (χ2n) is 4.87. The number of carbonyl (C=O) groups is 1. The average Bonchev–Trinajstić information content (AvgIpc) is 3.04. The first kappa shape index (κ1) is 15.8. The molecule has 3 aromatic rings. The Labute approximate surface area is 142 Å². The molecule has 0 aliphatic carbocycles. The van der Waals surface area contributed by atoms with Crippen LogP contribution in [0.15, 0.2) is 64.2 Å². The lowest BCUT2D eigenvalue weighted by molar-refractivity contribution is 0.0993. The van der Waals surface area contributed by atoms with E-state index in [1.165, 1.54) is 11.8 Å². The Hall–Kier alpha value is -2.11. The second-order valence-corrected chi connectivity index (χ2v) is 6.60. The molecule has 0 amide bonds. The first-order chi connectivity index (χ1) is 11.1. The maximum Gasteiger partial charge on any atom is 0.277 e. The lowest BCUT2D eigenvalue weighted by Crippen LogP contribution is -2.13. The Morgan fingerprint density at radius 2 is 1.78 bits per heavy atom. The van der Waals surface area contributed by atoms with Gasteiger partial charge in [-0.25, -0.2) is 0 Å². The van der Waals surface area contributed by atoms with Crippen LogP contribution in [-0.4, -0.2) is 21.2 Å². The molecule has 1 unspecified atom stereocenters. The molecular weight excluding hydrogens is 332 g/mol. The minimum absolute atomic E-state index is 0.00822. The van der Waals surface area contributed by atoms with Gasteiger partial charge in [0.05, 0.1) is 5.25 Å². The van der Waals surface area contributed by atoms with Gasteiger partial charge in [-0.3, -0.25) is 4.79 Å². The van der Waals surface area contributed by atoms with E-state index in [9.17, 15) is 4.79 Å². The van der Waals surface area contributed by atoms with E-state index < -0.39 is 0 Å². The van der Waals surface area contributed by atoms with Crippen molar-refractivity contribution < 1.29 is 9.21 Å². The summed E-state index contributed by atoms with van der Waals surface area (Å²) >= 11 is 7.08. The number of hydrogen-bond acceptors (Lipinski definition) is 5. The number of Topliss-reactive ketones (excluding diaryl/α,β-unsaturated/α-hetero) is 1. The van der Waals surface area contributed by atoms with Crippen molar-refractivity contribution in [2.75, 3.05) is 0 Å². The molecule has 0 spiro atoms. The van der Waals surface area contributed by atoms with Gasteiger partial charge in [0.15, 0.2) is 5.78 Å². The fourth-order valence-electron chi connectivity index (χ4n) is 2.01. The molecular formula is C17H13ClN2O2S. The van der Waals surface area contributed by atoms with E-state index in [-0.39, 0.29) is 11.0 Å². The molecule has 0 saturated heterocycles. The van der Waals surface area contributed by atoms with Crippen LogP contribution in [0, 0.1) is 0 Å². The van der Waals surface area contributed by atoms with E-state index in [1.54, 1.807) is 24.3 Å². The van der Waals surface area contributed by atoms with Crippen LogP contribution in [0.3, 0.4) is 0 Å². The number of ketones is 1. The first-order valence-corrected chi connectivity index (χ1v) is 8.24. The molecule has 23 heavy (non-hydrogen) atoms. The third-order valence-electron chi connectivity index (χ3n) is 3.20. The number of hydrogen-bond donors (Lipinski definition) is 0. The van der Waals surface area contributed by atoms with E-state index in [0.29, 0.717) is 21.7 Å². The van der Waals surface area contributed by atoms with E-state index in [0.717, 1.165) is 5.56 Å². The third-order valence-corrected chi connectivity index (χ3v) is 4.39. The number of halogens is 1. The molecule has 4 nitrogen and oxygen atoms in total. The van der Waals surface area contributed by atoms with Gasteiger partial charge in [0.1, 0.15) is 0 Å². The minimum Gasteiger partial charge on any atom is -0.411 e. The van der Waals surface area contributed by atoms with Gasteiger partial charge >= 0.3 is 0 Å². The first-order valence-electron chi connectivity index (χ1n) is 6.99. The summed E-state index contributed by atoms with van der Waals surface area (Å²) in [6.07, 6.45) is 0. The van der Waals surface area contributed by atoms with Gasteiger partial charge in [0.25, 0.3) is 5.22 Å². The Kier molecular flexibility index (Phi) is 4.79. The molecule has 0 fully saturated rings. The van der Waals surface area contributed by atoms with Crippen LogP contribution in [0.4, 0.5) is 0 Å². The van der Waals surface area contributed by atoms with Crippen molar-refractivity contribution in [1.29, 1.82) is 0 Å². The summed E-state index contributed by atoms with van der Waals surface area (Å²) in [5.41, 5.74) is 1.46. The summed E-state index contributed by atoms with van der Waals surface area (Å²) in [4.78, 5) is 12.4. The van der Waals surface area contributed by atoms with Crippen LogP contribution in [0.1, 0.15) is 17.3 Å². The van der Waals surface area contributed by atoms with Crippen molar-refractivity contribution in [1.82, 2.24) is 10.2 Å². The molecule has 1 heterocycles. The predicted molar refractivity (Wildman–Crippen MR) is 90.8 cm³/mol. The molecule has 1 aromatic heterocycles. The van der Waals surface area contributed by atoms with Crippen LogP contribution in [0.25, 0.3) is 11.5 Å². The molecule has 0 radical (unpaired) electrons. The quantitative estimate of drug-likeness (QED) is 0.493.